The molecule has 0 saturated heterocycles. The fraction of sp³-hybridized carbons (Fsp3) is 0.875. The molecule has 0 atom stereocenters. The number of nitrogens with two attached hydrogens (primary N) is 2. The van der Waals surface area contributed by atoms with Crippen molar-refractivity contribution in [3.8, 4) is 0 Å². The monoisotopic (exact) mass is 236 g/mol. The summed E-state index contributed by atoms with van der Waals surface area (Å²) in [6.45, 7) is 2.62. The molecule has 0 aliphatic heterocycles. The lowest BCUT2D eigenvalue weighted by Crippen LogP contribution is -2.51. The highest BCUT2D eigenvalue weighted by Crippen LogP contribution is 2.12. The van der Waals surface area contributed by atoms with Crippen molar-refractivity contribution in [1.29, 1.82) is 0 Å². The lowest BCUT2D eigenvalue weighted by atomic mass is 10.1. The van der Waals surface area contributed by atoms with E-state index in [2.05, 4.69) is 23.3 Å². The molecule has 0 fully saturated rings. The Hall–Kier alpha value is -0.340. The van der Waals surface area contributed by atoms with E-state index in [4.69, 9.17) is 16.6 Å². The Morgan fingerprint density at radius 2 is 1.60 bits per heavy atom. The fourth-order valence-corrected chi connectivity index (χ4v) is 1.23. The minimum Gasteiger partial charge on any atom is -0.480 e. The van der Waals surface area contributed by atoms with Gasteiger partial charge < -0.3 is 27.2 Å². The first kappa shape index (κ1) is 14.7. The van der Waals surface area contributed by atoms with Crippen LogP contribution in [0.3, 0.4) is 0 Å². The van der Waals surface area contributed by atoms with Crippen LogP contribution >= 0.6 is 12.6 Å². The van der Waals surface area contributed by atoms with E-state index >= 15 is 0 Å². The number of carboxylic acids is 1. The van der Waals surface area contributed by atoms with E-state index in [1.165, 1.54) is 0 Å². The predicted octanol–water partition coefficient (Wildman–Crippen LogP) is -2.16. The quantitative estimate of drug-likeness (QED) is 0.201. The standard InChI is InChI=1S/C8H20N4O2S/c9-1-3-11-5-8(15,7(13)14)6-12-4-2-10/h11-12,15H,1-6,9-10H2,(H,13,14). The van der Waals surface area contributed by atoms with Gasteiger partial charge in [0, 0.05) is 39.3 Å². The third-order valence-corrected chi connectivity index (χ3v) is 2.38. The van der Waals surface area contributed by atoms with Gasteiger partial charge in [-0.05, 0) is 0 Å². The first-order valence-electron chi connectivity index (χ1n) is 4.84. The van der Waals surface area contributed by atoms with Crippen molar-refractivity contribution >= 4 is 18.6 Å². The summed E-state index contributed by atoms with van der Waals surface area (Å²) in [5.74, 6) is -0.958. The molecule has 0 unspecified atom stereocenters. The van der Waals surface area contributed by atoms with E-state index in [-0.39, 0.29) is 13.1 Å². The van der Waals surface area contributed by atoms with Crippen LogP contribution in [0.15, 0.2) is 0 Å². The molecule has 0 aliphatic rings. The Labute approximate surface area is 95.2 Å². The molecule has 0 radical (unpaired) electrons. The van der Waals surface area contributed by atoms with Crippen LogP contribution in [0.5, 0.6) is 0 Å². The smallest absolute Gasteiger partial charge is 0.322 e. The van der Waals surface area contributed by atoms with Crippen LogP contribution in [0.25, 0.3) is 0 Å². The van der Waals surface area contributed by atoms with Gasteiger partial charge in [-0.1, -0.05) is 0 Å². The number of rotatable bonds is 9. The van der Waals surface area contributed by atoms with Gasteiger partial charge in [0.1, 0.15) is 4.75 Å². The van der Waals surface area contributed by atoms with Crippen LogP contribution in [-0.4, -0.2) is 55.1 Å². The first-order valence-corrected chi connectivity index (χ1v) is 5.29. The van der Waals surface area contributed by atoms with Crippen molar-refractivity contribution in [2.75, 3.05) is 39.3 Å². The largest absolute Gasteiger partial charge is 0.480 e. The van der Waals surface area contributed by atoms with Gasteiger partial charge in [-0.25, -0.2) is 0 Å². The summed E-state index contributed by atoms with van der Waals surface area (Å²) >= 11 is 4.15. The Balaban J connectivity index is 4.01. The molecule has 0 aliphatic carbocycles. The molecule has 7 heteroatoms. The molecule has 0 aromatic rings. The highest BCUT2D eigenvalue weighted by atomic mass is 32.1. The van der Waals surface area contributed by atoms with Crippen LogP contribution in [-0.2, 0) is 4.79 Å². The van der Waals surface area contributed by atoms with Gasteiger partial charge in [-0.2, -0.15) is 12.6 Å². The van der Waals surface area contributed by atoms with Crippen molar-refractivity contribution in [3.05, 3.63) is 0 Å². The number of carboxylic acid groups (broad SMARTS) is 1. The summed E-state index contributed by atoms with van der Waals surface area (Å²) in [4.78, 5) is 11.0. The summed E-state index contributed by atoms with van der Waals surface area (Å²) in [5, 5.41) is 14.9. The van der Waals surface area contributed by atoms with E-state index in [1.54, 1.807) is 0 Å². The van der Waals surface area contributed by atoms with Gasteiger partial charge in [0.25, 0.3) is 0 Å². The summed E-state index contributed by atoms with van der Waals surface area (Å²) in [6.07, 6.45) is 0. The van der Waals surface area contributed by atoms with E-state index in [0.717, 1.165) is 0 Å². The minimum absolute atomic E-state index is 0.264. The molecule has 0 spiro atoms. The molecule has 0 heterocycles. The second-order valence-corrected chi connectivity index (χ2v) is 4.12. The second-order valence-electron chi connectivity index (χ2n) is 3.27. The number of aliphatic carboxylic acids is 1. The average molecular weight is 236 g/mol. The predicted molar refractivity (Wildman–Crippen MR) is 63.2 cm³/mol. The highest BCUT2D eigenvalue weighted by molar-refractivity contribution is 7.82. The fourth-order valence-electron chi connectivity index (χ4n) is 1.01. The van der Waals surface area contributed by atoms with Gasteiger partial charge in [0.05, 0.1) is 0 Å². The molecule has 7 N–H and O–H groups in total. The zero-order valence-electron chi connectivity index (χ0n) is 8.70. The maximum Gasteiger partial charge on any atom is 0.322 e. The molecular formula is C8H20N4O2S. The summed E-state index contributed by atoms with van der Waals surface area (Å²) in [7, 11) is 0. The van der Waals surface area contributed by atoms with Crippen molar-refractivity contribution in [3.63, 3.8) is 0 Å². The molecule has 6 nitrogen and oxygen atoms in total. The third-order valence-electron chi connectivity index (χ3n) is 1.88. The SMILES string of the molecule is NCCNCC(S)(CNCCN)C(=O)O. The lowest BCUT2D eigenvalue weighted by Gasteiger charge is -2.24. The van der Waals surface area contributed by atoms with Gasteiger partial charge in [0.2, 0.25) is 0 Å². The number of carbonyl (C=O) groups is 1. The van der Waals surface area contributed by atoms with E-state index in [0.29, 0.717) is 26.2 Å². The molecule has 0 aromatic carbocycles. The van der Waals surface area contributed by atoms with Crippen LogP contribution in [0.2, 0.25) is 0 Å². The maximum absolute atomic E-state index is 11.0. The van der Waals surface area contributed by atoms with Crippen LogP contribution in [0.1, 0.15) is 0 Å². The molecule has 0 aromatic heterocycles. The third kappa shape index (κ3) is 5.95. The van der Waals surface area contributed by atoms with Crippen LogP contribution < -0.4 is 22.1 Å². The van der Waals surface area contributed by atoms with Crippen molar-refractivity contribution in [2.24, 2.45) is 11.5 Å². The average Bonchev–Trinajstić information content (AvgIpc) is 2.18. The Morgan fingerprint density at radius 1 is 1.20 bits per heavy atom. The molecule has 0 rings (SSSR count). The summed E-state index contributed by atoms with van der Waals surface area (Å²) in [6, 6.07) is 0. The molecule has 15 heavy (non-hydrogen) atoms. The van der Waals surface area contributed by atoms with E-state index in [9.17, 15) is 4.79 Å². The van der Waals surface area contributed by atoms with E-state index < -0.39 is 10.7 Å². The first-order chi connectivity index (χ1) is 7.06. The number of thiol groups is 1. The molecular weight excluding hydrogens is 216 g/mol. The topological polar surface area (TPSA) is 113 Å². The number of hydrogen-bond acceptors (Lipinski definition) is 6. The zero-order chi connectivity index (χ0) is 11.7. The van der Waals surface area contributed by atoms with Gasteiger partial charge in [-0.15, -0.1) is 0 Å². The van der Waals surface area contributed by atoms with Crippen LogP contribution in [0, 0.1) is 0 Å². The van der Waals surface area contributed by atoms with Crippen molar-refractivity contribution in [1.82, 2.24) is 10.6 Å². The number of nitrogens with one attached hydrogen (secondary N) is 2. The molecule has 90 valence electrons. The lowest BCUT2D eigenvalue weighted by molar-refractivity contribution is -0.139. The molecule has 0 saturated carbocycles. The van der Waals surface area contributed by atoms with E-state index in [1.807, 2.05) is 0 Å². The number of hydrogen-bond donors (Lipinski definition) is 6. The summed E-state index contributed by atoms with van der Waals surface area (Å²) in [5.41, 5.74) is 10.6. The zero-order valence-corrected chi connectivity index (χ0v) is 9.59. The second kappa shape index (κ2) is 7.89. The normalized spacial score (nSPS) is 11.7. The van der Waals surface area contributed by atoms with Gasteiger partial charge >= 0.3 is 5.97 Å². The molecule has 0 bridgehead atoms. The maximum atomic E-state index is 11.0. The van der Waals surface area contributed by atoms with Crippen molar-refractivity contribution < 1.29 is 9.90 Å². The van der Waals surface area contributed by atoms with Crippen LogP contribution in [0.4, 0.5) is 0 Å². The molecule has 0 amide bonds. The summed E-state index contributed by atoms with van der Waals surface area (Å²) < 4.78 is -1.12. The Morgan fingerprint density at radius 3 is 1.87 bits per heavy atom. The highest BCUT2D eigenvalue weighted by Gasteiger charge is 2.33. The van der Waals surface area contributed by atoms with Gasteiger partial charge in [0.15, 0.2) is 0 Å². The van der Waals surface area contributed by atoms with Crippen molar-refractivity contribution in [2.45, 2.75) is 4.75 Å². The van der Waals surface area contributed by atoms with Gasteiger partial charge in [-0.3, -0.25) is 4.79 Å². The minimum atomic E-state index is -1.12. The Bertz CT molecular complexity index is 181. The Kier molecular flexibility index (Phi) is 7.71.